The van der Waals surface area contributed by atoms with Crippen LogP contribution in [-0.4, -0.2) is 44.9 Å². The van der Waals surface area contributed by atoms with Gasteiger partial charge in [0.2, 0.25) is 0 Å². The molecule has 0 bridgehead atoms. The number of hydrogen-bond donors (Lipinski definition) is 1. The highest BCUT2D eigenvalue weighted by molar-refractivity contribution is 7.87. The monoisotopic (exact) mass is 280 g/mol. The fourth-order valence-corrected chi connectivity index (χ4v) is 1.93. The molecule has 0 aromatic rings. The number of nitrogens with zero attached hydrogens (tertiary/aromatic N) is 1. The van der Waals surface area contributed by atoms with E-state index in [-0.39, 0.29) is 0 Å². The first kappa shape index (κ1) is 17.3. The Morgan fingerprint density at radius 1 is 1.33 bits per heavy atom. The molecule has 0 heterocycles. The summed E-state index contributed by atoms with van der Waals surface area (Å²) in [6.45, 7) is 8.06. The summed E-state index contributed by atoms with van der Waals surface area (Å²) in [6, 6.07) is 0. The Morgan fingerprint density at radius 3 is 2.33 bits per heavy atom. The second-order valence-corrected chi connectivity index (χ2v) is 6.36. The zero-order valence-electron chi connectivity index (χ0n) is 11.8. The second kappa shape index (κ2) is 7.70. The summed E-state index contributed by atoms with van der Waals surface area (Å²) in [5.74, 6) is -0.158. The third-order valence-electron chi connectivity index (χ3n) is 2.52. The molecule has 0 aliphatic heterocycles. The maximum Gasteiger partial charge on any atom is 0.303 e. The van der Waals surface area contributed by atoms with E-state index in [1.54, 1.807) is 6.92 Å². The molecule has 0 saturated heterocycles. The predicted octanol–water partition coefficient (Wildman–Crippen LogP) is 0.750. The Labute approximate surface area is 110 Å². The van der Waals surface area contributed by atoms with Gasteiger partial charge in [0.05, 0.1) is 0 Å². The van der Waals surface area contributed by atoms with E-state index in [1.807, 2.05) is 4.72 Å². The molecule has 7 heteroatoms. The highest BCUT2D eigenvalue weighted by atomic mass is 32.2. The summed E-state index contributed by atoms with van der Waals surface area (Å²) in [7, 11) is -2.34. The van der Waals surface area contributed by atoms with Gasteiger partial charge in [0.1, 0.15) is 6.10 Å². The lowest BCUT2D eigenvalue weighted by Crippen LogP contribution is -2.45. The van der Waals surface area contributed by atoms with Crippen LogP contribution in [0.25, 0.3) is 0 Å². The Bertz CT molecular complexity index is 354. The van der Waals surface area contributed by atoms with E-state index in [0.29, 0.717) is 19.1 Å². The summed E-state index contributed by atoms with van der Waals surface area (Å²) in [5, 5.41) is 0. The van der Waals surface area contributed by atoms with Crippen molar-refractivity contribution in [3.8, 4) is 0 Å². The lowest BCUT2D eigenvalue weighted by molar-refractivity contribution is -0.130. The minimum absolute atomic E-state index is 0.297. The van der Waals surface area contributed by atoms with Crippen LogP contribution in [0.5, 0.6) is 0 Å². The molecule has 1 N–H and O–H groups in total. The Kier molecular flexibility index (Phi) is 7.42. The molecular formula is C11H24N2O4S. The Morgan fingerprint density at radius 2 is 1.89 bits per heavy atom. The third-order valence-corrected chi connectivity index (χ3v) is 4.06. The molecule has 0 rings (SSSR count). The predicted molar refractivity (Wildman–Crippen MR) is 70.2 cm³/mol. The van der Waals surface area contributed by atoms with Crippen LogP contribution in [0, 0.1) is 5.92 Å². The SMILES string of the molecule is CCN(C)S(=O)(=O)NC(=O)C(C)OCCC(C)C. The van der Waals surface area contributed by atoms with Crippen molar-refractivity contribution in [2.45, 2.75) is 40.2 Å². The van der Waals surface area contributed by atoms with Gasteiger partial charge >= 0.3 is 10.2 Å². The number of amides is 1. The fraction of sp³-hybridized carbons (Fsp3) is 0.909. The van der Waals surface area contributed by atoms with E-state index in [0.717, 1.165) is 10.7 Å². The molecular weight excluding hydrogens is 256 g/mol. The zero-order valence-corrected chi connectivity index (χ0v) is 12.6. The minimum atomic E-state index is -3.74. The second-order valence-electron chi connectivity index (χ2n) is 4.58. The third kappa shape index (κ3) is 6.32. The standard InChI is InChI=1S/C11H24N2O4S/c1-6-13(5)18(15,16)12-11(14)10(4)17-8-7-9(2)3/h9-10H,6-8H2,1-5H3,(H,12,14). The van der Waals surface area contributed by atoms with Crippen LogP contribution in [0.4, 0.5) is 0 Å². The molecule has 18 heavy (non-hydrogen) atoms. The maximum absolute atomic E-state index is 11.6. The molecule has 0 aliphatic carbocycles. The molecule has 0 radical (unpaired) electrons. The van der Waals surface area contributed by atoms with Crippen LogP contribution >= 0.6 is 0 Å². The molecule has 0 spiro atoms. The average Bonchev–Trinajstić information content (AvgIpc) is 2.26. The fourth-order valence-electron chi connectivity index (χ4n) is 1.01. The van der Waals surface area contributed by atoms with Crippen molar-refractivity contribution < 1.29 is 17.9 Å². The number of nitrogens with one attached hydrogen (secondary N) is 1. The van der Waals surface area contributed by atoms with Crippen molar-refractivity contribution in [1.82, 2.24) is 9.03 Å². The number of hydrogen-bond acceptors (Lipinski definition) is 4. The van der Waals surface area contributed by atoms with E-state index >= 15 is 0 Å². The normalized spacial score (nSPS) is 13.9. The van der Waals surface area contributed by atoms with Gasteiger partial charge in [-0.25, -0.2) is 4.72 Å². The smallest absolute Gasteiger partial charge is 0.303 e. The van der Waals surface area contributed by atoms with Crippen molar-refractivity contribution >= 4 is 16.1 Å². The molecule has 1 amide bonds. The van der Waals surface area contributed by atoms with E-state index in [2.05, 4.69) is 13.8 Å². The molecule has 1 unspecified atom stereocenters. The molecule has 0 fully saturated rings. The largest absolute Gasteiger partial charge is 0.369 e. The number of carbonyl (C=O) groups excluding carboxylic acids is 1. The van der Waals surface area contributed by atoms with Crippen LogP contribution in [0.15, 0.2) is 0 Å². The van der Waals surface area contributed by atoms with Crippen LogP contribution in [0.1, 0.15) is 34.1 Å². The van der Waals surface area contributed by atoms with Crippen molar-refractivity contribution in [3.63, 3.8) is 0 Å². The van der Waals surface area contributed by atoms with Crippen LogP contribution in [0.2, 0.25) is 0 Å². The summed E-state index contributed by atoms with van der Waals surface area (Å²) in [5.41, 5.74) is 0. The molecule has 0 aromatic carbocycles. The lowest BCUT2D eigenvalue weighted by atomic mass is 10.1. The highest BCUT2D eigenvalue weighted by Gasteiger charge is 2.23. The number of ether oxygens (including phenoxy) is 1. The minimum Gasteiger partial charge on any atom is -0.369 e. The molecule has 108 valence electrons. The van der Waals surface area contributed by atoms with E-state index in [1.165, 1.54) is 14.0 Å². The maximum atomic E-state index is 11.6. The molecule has 6 nitrogen and oxygen atoms in total. The van der Waals surface area contributed by atoms with Crippen LogP contribution in [0.3, 0.4) is 0 Å². The summed E-state index contributed by atoms with van der Waals surface area (Å²) < 4.78 is 31.5. The van der Waals surface area contributed by atoms with Gasteiger partial charge in [-0.3, -0.25) is 4.79 Å². The first-order valence-corrected chi connectivity index (χ1v) is 7.54. The van der Waals surface area contributed by atoms with Crippen molar-refractivity contribution in [3.05, 3.63) is 0 Å². The van der Waals surface area contributed by atoms with Gasteiger partial charge in [-0.1, -0.05) is 20.8 Å². The van der Waals surface area contributed by atoms with E-state index in [9.17, 15) is 13.2 Å². The number of carbonyl (C=O) groups is 1. The molecule has 0 aliphatic rings. The Balaban J connectivity index is 4.24. The average molecular weight is 280 g/mol. The van der Waals surface area contributed by atoms with Gasteiger partial charge in [0, 0.05) is 20.2 Å². The topological polar surface area (TPSA) is 75.7 Å². The zero-order chi connectivity index (χ0) is 14.3. The Hall–Kier alpha value is -0.660. The van der Waals surface area contributed by atoms with Crippen molar-refractivity contribution in [2.24, 2.45) is 5.92 Å². The van der Waals surface area contributed by atoms with Gasteiger partial charge in [-0.15, -0.1) is 0 Å². The summed E-state index contributed by atoms with van der Waals surface area (Å²) >= 11 is 0. The lowest BCUT2D eigenvalue weighted by Gasteiger charge is -2.18. The first-order chi connectivity index (χ1) is 8.20. The first-order valence-electron chi connectivity index (χ1n) is 6.10. The molecule has 1 atom stereocenters. The van der Waals surface area contributed by atoms with E-state index < -0.39 is 22.2 Å². The quantitative estimate of drug-likeness (QED) is 0.712. The van der Waals surface area contributed by atoms with Gasteiger partial charge < -0.3 is 4.74 Å². The molecule has 0 aromatic heterocycles. The highest BCUT2D eigenvalue weighted by Crippen LogP contribution is 2.02. The van der Waals surface area contributed by atoms with Crippen molar-refractivity contribution in [1.29, 1.82) is 0 Å². The van der Waals surface area contributed by atoms with Crippen LogP contribution < -0.4 is 4.72 Å². The van der Waals surface area contributed by atoms with Gasteiger partial charge in [0.15, 0.2) is 0 Å². The van der Waals surface area contributed by atoms with E-state index in [4.69, 9.17) is 4.74 Å². The van der Waals surface area contributed by atoms with Gasteiger partial charge in [-0.05, 0) is 19.3 Å². The van der Waals surface area contributed by atoms with Crippen LogP contribution in [-0.2, 0) is 19.7 Å². The van der Waals surface area contributed by atoms with Gasteiger partial charge in [0.25, 0.3) is 5.91 Å². The summed E-state index contributed by atoms with van der Waals surface area (Å²) in [6.07, 6.45) is 0.0583. The number of rotatable bonds is 8. The van der Waals surface area contributed by atoms with Gasteiger partial charge in [-0.2, -0.15) is 12.7 Å². The summed E-state index contributed by atoms with van der Waals surface area (Å²) in [4.78, 5) is 11.6. The van der Waals surface area contributed by atoms with Crippen molar-refractivity contribution in [2.75, 3.05) is 20.2 Å². The molecule has 0 saturated carbocycles.